The second-order valence-corrected chi connectivity index (χ2v) is 7.22. The summed E-state index contributed by atoms with van der Waals surface area (Å²) in [5.74, 6) is 0.950. The van der Waals surface area contributed by atoms with Gasteiger partial charge in [0.1, 0.15) is 0 Å². The summed E-state index contributed by atoms with van der Waals surface area (Å²) >= 11 is 6.60. The topological polar surface area (TPSA) is 50.4 Å². The molecule has 5 heteroatoms. The first-order valence-electron chi connectivity index (χ1n) is 7.63. The zero-order valence-corrected chi connectivity index (χ0v) is 14.0. The SMILES string of the molecule is CCS/C(=N\C(N)=S)Nc1c2c(cc3c1CCC3)CCC2. The number of hydrogen-bond donors (Lipinski definition) is 2. The molecule has 1 aromatic carbocycles. The van der Waals surface area contributed by atoms with Gasteiger partial charge in [0.05, 0.1) is 0 Å². The molecule has 2 aliphatic rings. The minimum atomic E-state index is 0.197. The number of nitrogens with two attached hydrogens (primary N) is 1. The van der Waals surface area contributed by atoms with Gasteiger partial charge in [-0.2, -0.15) is 4.99 Å². The van der Waals surface area contributed by atoms with Crippen LogP contribution in [0.15, 0.2) is 11.1 Å². The molecule has 3 N–H and O–H groups in total. The number of thiocarbonyl (C=S) groups is 1. The molecule has 0 radical (unpaired) electrons. The Hall–Kier alpha value is -1.07. The summed E-state index contributed by atoms with van der Waals surface area (Å²) in [5, 5.41) is 4.59. The van der Waals surface area contributed by atoms with Gasteiger partial charge in [-0.05, 0) is 78.7 Å². The Kier molecular flexibility index (Phi) is 4.50. The maximum absolute atomic E-state index is 5.59. The number of fused-ring (bicyclic) bond motifs is 2. The molecular formula is C16H21N3S2. The summed E-state index contributed by atoms with van der Waals surface area (Å²) in [6, 6.07) is 2.44. The van der Waals surface area contributed by atoms with E-state index in [1.165, 1.54) is 66.5 Å². The summed E-state index contributed by atoms with van der Waals surface area (Å²) in [6.07, 6.45) is 7.27. The van der Waals surface area contributed by atoms with Crippen LogP contribution in [0.5, 0.6) is 0 Å². The first kappa shape index (κ1) is 14.9. The van der Waals surface area contributed by atoms with Gasteiger partial charge in [-0.15, -0.1) is 0 Å². The smallest absolute Gasteiger partial charge is 0.192 e. The van der Waals surface area contributed by atoms with Crippen LogP contribution >= 0.6 is 24.0 Å². The van der Waals surface area contributed by atoms with Crippen molar-refractivity contribution in [3.05, 3.63) is 28.3 Å². The molecule has 0 aliphatic heterocycles. The van der Waals surface area contributed by atoms with Gasteiger partial charge in [0.25, 0.3) is 0 Å². The quantitative estimate of drug-likeness (QED) is 0.498. The summed E-state index contributed by atoms with van der Waals surface area (Å²) in [5.41, 5.74) is 12.9. The minimum Gasteiger partial charge on any atom is -0.374 e. The second kappa shape index (κ2) is 6.36. The van der Waals surface area contributed by atoms with E-state index in [9.17, 15) is 0 Å². The van der Waals surface area contributed by atoms with Crippen LogP contribution in [0.1, 0.15) is 42.0 Å². The zero-order valence-electron chi connectivity index (χ0n) is 12.4. The Balaban J connectivity index is 2.00. The molecule has 0 atom stereocenters. The van der Waals surface area contributed by atoms with Gasteiger partial charge in [0, 0.05) is 5.69 Å². The van der Waals surface area contributed by atoms with Gasteiger partial charge < -0.3 is 11.1 Å². The number of hydrogen-bond acceptors (Lipinski definition) is 2. The Morgan fingerprint density at radius 3 is 2.38 bits per heavy atom. The molecule has 0 saturated carbocycles. The number of nitrogens with zero attached hydrogens (tertiary/aromatic N) is 1. The van der Waals surface area contributed by atoms with Crippen molar-refractivity contribution in [3.8, 4) is 0 Å². The van der Waals surface area contributed by atoms with Crippen molar-refractivity contribution in [3.63, 3.8) is 0 Å². The molecule has 0 amide bonds. The molecule has 1 aromatic rings. The average Bonchev–Trinajstić information content (AvgIpc) is 3.05. The molecule has 0 unspecified atom stereocenters. The molecule has 3 nitrogen and oxygen atoms in total. The molecule has 0 bridgehead atoms. The highest BCUT2D eigenvalue weighted by Crippen LogP contribution is 2.38. The zero-order chi connectivity index (χ0) is 14.8. The summed E-state index contributed by atoms with van der Waals surface area (Å²) < 4.78 is 0. The fraction of sp³-hybridized carbons (Fsp3) is 0.500. The number of aryl methyl sites for hydroxylation is 2. The third-order valence-corrected chi connectivity index (χ3v) is 5.04. The lowest BCUT2D eigenvalue weighted by molar-refractivity contribution is 0.898. The van der Waals surface area contributed by atoms with Gasteiger partial charge >= 0.3 is 0 Å². The van der Waals surface area contributed by atoms with Crippen LogP contribution in [0.2, 0.25) is 0 Å². The molecule has 21 heavy (non-hydrogen) atoms. The van der Waals surface area contributed by atoms with Crippen molar-refractivity contribution in [2.45, 2.75) is 45.4 Å². The van der Waals surface area contributed by atoms with Crippen LogP contribution < -0.4 is 11.1 Å². The molecule has 3 rings (SSSR count). The van der Waals surface area contributed by atoms with Gasteiger partial charge in [-0.3, -0.25) is 0 Å². The first-order valence-corrected chi connectivity index (χ1v) is 9.03. The van der Waals surface area contributed by atoms with Crippen LogP contribution in [-0.4, -0.2) is 16.0 Å². The van der Waals surface area contributed by atoms with Gasteiger partial charge in [0.15, 0.2) is 10.3 Å². The maximum atomic E-state index is 5.59. The Morgan fingerprint density at radius 2 is 1.86 bits per heavy atom. The maximum Gasteiger partial charge on any atom is 0.192 e. The third kappa shape index (κ3) is 3.09. The number of aliphatic imine (C=N–C) groups is 1. The van der Waals surface area contributed by atoms with Crippen LogP contribution in [0.4, 0.5) is 5.69 Å². The molecule has 2 aliphatic carbocycles. The van der Waals surface area contributed by atoms with E-state index in [-0.39, 0.29) is 5.11 Å². The molecular weight excluding hydrogens is 298 g/mol. The predicted octanol–water partition coefficient (Wildman–Crippen LogP) is 3.43. The van der Waals surface area contributed by atoms with E-state index in [2.05, 4.69) is 23.3 Å². The normalized spacial score (nSPS) is 16.7. The molecule has 0 saturated heterocycles. The highest BCUT2D eigenvalue weighted by atomic mass is 32.2. The highest BCUT2D eigenvalue weighted by molar-refractivity contribution is 8.14. The van der Waals surface area contributed by atoms with E-state index in [4.69, 9.17) is 18.0 Å². The van der Waals surface area contributed by atoms with E-state index in [1.54, 1.807) is 11.8 Å². The Morgan fingerprint density at radius 1 is 1.24 bits per heavy atom. The van der Waals surface area contributed by atoms with Crippen molar-refractivity contribution in [2.75, 3.05) is 11.1 Å². The standard InChI is InChI=1S/C16H21N3S2/c1-2-21-16(19-15(17)20)18-14-12-7-3-5-10(12)9-11-6-4-8-13(11)14/h9H,2-8H2,1H3,(H3,17,18,19,20). The summed E-state index contributed by atoms with van der Waals surface area (Å²) in [4.78, 5) is 4.29. The molecule has 0 fully saturated rings. The van der Waals surface area contributed by atoms with Gasteiger partial charge in [-0.1, -0.05) is 24.8 Å². The second-order valence-electron chi connectivity index (χ2n) is 5.55. The Bertz CT molecular complexity index is 576. The van der Waals surface area contributed by atoms with Crippen molar-refractivity contribution in [1.82, 2.24) is 0 Å². The fourth-order valence-electron chi connectivity index (χ4n) is 3.41. The lowest BCUT2D eigenvalue weighted by Gasteiger charge is -2.17. The number of benzene rings is 1. The number of anilines is 1. The van der Waals surface area contributed by atoms with Crippen molar-refractivity contribution >= 4 is 39.9 Å². The molecule has 112 valence electrons. The number of rotatable bonds is 2. The van der Waals surface area contributed by atoms with E-state index in [1.807, 2.05) is 0 Å². The monoisotopic (exact) mass is 319 g/mol. The van der Waals surface area contributed by atoms with E-state index in [0.29, 0.717) is 0 Å². The fourth-order valence-corrected chi connectivity index (χ4v) is 4.17. The summed E-state index contributed by atoms with van der Waals surface area (Å²) in [6.45, 7) is 2.11. The van der Waals surface area contributed by atoms with E-state index in [0.717, 1.165) is 10.9 Å². The predicted molar refractivity (Wildman–Crippen MR) is 96.5 cm³/mol. The van der Waals surface area contributed by atoms with Crippen molar-refractivity contribution in [2.24, 2.45) is 10.7 Å². The van der Waals surface area contributed by atoms with Crippen LogP contribution in [-0.2, 0) is 25.7 Å². The average molecular weight is 319 g/mol. The Labute approximate surface area is 135 Å². The van der Waals surface area contributed by atoms with Crippen LogP contribution in [0.3, 0.4) is 0 Å². The first-order chi connectivity index (χ1) is 10.2. The van der Waals surface area contributed by atoms with Crippen molar-refractivity contribution in [1.29, 1.82) is 0 Å². The largest absolute Gasteiger partial charge is 0.374 e. The number of nitrogens with one attached hydrogen (secondary N) is 1. The summed E-state index contributed by atoms with van der Waals surface area (Å²) in [7, 11) is 0. The number of thioether (sulfide) groups is 1. The molecule has 0 spiro atoms. The highest BCUT2D eigenvalue weighted by Gasteiger charge is 2.24. The third-order valence-electron chi connectivity index (χ3n) is 4.20. The van der Waals surface area contributed by atoms with Crippen LogP contribution in [0, 0.1) is 0 Å². The molecule has 0 aromatic heterocycles. The lowest BCUT2D eigenvalue weighted by Crippen LogP contribution is -2.16. The van der Waals surface area contributed by atoms with Gasteiger partial charge in [0.2, 0.25) is 0 Å². The minimum absolute atomic E-state index is 0.197. The van der Waals surface area contributed by atoms with Crippen LogP contribution in [0.25, 0.3) is 0 Å². The van der Waals surface area contributed by atoms with Crippen molar-refractivity contribution < 1.29 is 0 Å². The lowest BCUT2D eigenvalue weighted by atomic mass is 9.99. The van der Waals surface area contributed by atoms with Gasteiger partial charge in [-0.25, -0.2) is 0 Å². The number of amidine groups is 1. The van der Waals surface area contributed by atoms with E-state index >= 15 is 0 Å². The van der Waals surface area contributed by atoms with E-state index < -0.39 is 0 Å². The molecule has 0 heterocycles.